The number of para-hydroxylation sites is 1. The van der Waals surface area contributed by atoms with Crippen LogP contribution in [0.15, 0.2) is 29.2 Å². The average molecular weight is 265 g/mol. The Morgan fingerprint density at radius 1 is 1.39 bits per heavy atom. The second kappa shape index (κ2) is 5.77. The minimum Gasteiger partial charge on any atom is -0.368 e. The number of nitrogens with one attached hydrogen (secondary N) is 1. The van der Waals surface area contributed by atoms with Crippen LogP contribution in [0.1, 0.15) is 0 Å². The SMILES string of the molecule is NC(=O)CNC(=O)CN1CCSc2ccccc21. The molecule has 0 saturated heterocycles. The molecule has 1 heterocycles. The van der Waals surface area contributed by atoms with E-state index in [9.17, 15) is 9.59 Å². The highest BCUT2D eigenvalue weighted by molar-refractivity contribution is 7.99. The Kier molecular flexibility index (Phi) is 4.09. The summed E-state index contributed by atoms with van der Waals surface area (Å²) < 4.78 is 0. The van der Waals surface area contributed by atoms with Crippen molar-refractivity contribution in [3.05, 3.63) is 24.3 Å². The Hall–Kier alpha value is -1.69. The van der Waals surface area contributed by atoms with Gasteiger partial charge in [0.15, 0.2) is 0 Å². The number of nitrogens with zero attached hydrogens (tertiary/aromatic N) is 1. The molecule has 0 spiro atoms. The molecule has 6 heteroatoms. The van der Waals surface area contributed by atoms with Gasteiger partial charge in [-0.25, -0.2) is 0 Å². The minimum atomic E-state index is -0.530. The lowest BCUT2D eigenvalue weighted by atomic mass is 10.2. The largest absolute Gasteiger partial charge is 0.368 e. The first kappa shape index (κ1) is 12.8. The van der Waals surface area contributed by atoms with Crippen molar-refractivity contribution in [2.45, 2.75) is 4.90 Å². The fraction of sp³-hybridized carbons (Fsp3) is 0.333. The summed E-state index contributed by atoms with van der Waals surface area (Å²) in [6, 6.07) is 8.00. The Labute approximate surface area is 110 Å². The number of fused-ring (bicyclic) bond motifs is 1. The van der Waals surface area contributed by atoms with Gasteiger partial charge in [0.05, 0.1) is 18.8 Å². The molecule has 1 aliphatic rings. The van der Waals surface area contributed by atoms with Crippen molar-refractivity contribution in [2.24, 2.45) is 5.73 Å². The van der Waals surface area contributed by atoms with Crippen LogP contribution in [0.2, 0.25) is 0 Å². The van der Waals surface area contributed by atoms with Gasteiger partial charge in [0, 0.05) is 17.2 Å². The topological polar surface area (TPSA) is 75.4 Å². The maximum Gasteiger partial charge on any atom is 0.239 e. The van der Waals surface area contributed by atoms with E-state index in [1.54, 1.807) is 11.8 Å². The number of primary amides is 1. The fourth-order valence-electron chi connectivity index (χ4n) is 1.81. The number of thioether (sulfide) groups is 1. The van der Waals surface area contributed by atoms with Gasteiger partial charge in [-0.1, -0.05) is 12.1 Å². The van der Waals surface area contributed by atoms with Crippen molar-refractivity contribution in [3.8, 4) is 0 Å². The molecule has 0 radical (unpaired) electrons. The van der Waals surface area contributed by atoms with Crippen molar-refractivity contribution in [1.82, 2.24) is 5.32 Å². The molecule has 0 bridgehead atoms. The van der Waals surface area contributed by atoms with Crippen LogP contribution in [-0.4, -0.2) is 37.2 Å². The lowest BCUT2D eigenvalue weighted by Gasteiger charge is -2.30. The molecule has 96 valence electrons. The van der Waals surface area contributed by atoms with E-state index in [-0.39, 0.29) is 19.0 Å². The van der Waals surface area contributed by atoms with E-state index in [0.29, 0.717) is 0 Å². The fourth-order valence-corrected chi connectivity index (χ4v) is 2.86. The number of hydrogen-bond acceptors (Lipinski definition) is 4. The second-order valence-corrected chi connectivity index (χ2v) is 5.12. The Morgan fingerprint density at radius 3 is 2.94 bits per heavy atom. The van der Waals surface area contributed by atoms with Crippen molar-refractivity contribution in [2.75, 3.05) is 30.3 Å². The molecular formula is C12H15N3O2S. The van der Waals surface area contributed by atoms with E-state index in [1.165, 1.54) is 4.90 Å². The van der Waals surface area contributed by atoms with Gasteiger partial charge in [0.1, 0.15) is 0 Å². The summed E-state index contributed by atoms with van der Waals surface area (Å²) in [5.41, 5.74) is 6.05. The van der Waals surface area contributed by atoms with Crippen LogP contribution in [0.5, 0.6) is 0 Å². The van der Waals surface area contributed by atoms with Gasteiger partial charge < -0.3 is 16.0 Å². The third-order valence-electron chi connectivity index (χ3n) is 2.62. The molecule has 0 unspecified atom stereocenters. The quantitative estimate of drug-likeness (QED) is 0.815. The molecular weight excluding hydrogens is 250 g/mol. The molecule has 2 amide bonds. The molecule has 18 heavy (non-hydrogen) atoms. The van der Waals surface area contributed by atoms with E-state index in [2.05, 4.69) is 5.32 Å². The molecule has 0 aromatic heterocycles. The summed E-state index contributed by atoms with van der Waals surface area (Å²) in [6.07, 6.45) is 0. The number of rotatable bonds is 4. The summed E-state index contributed by atoms with van der Waals surface area (Å²) >= 11 is 1.79. The van der Waals surface area contributed by atoms with E-state index < -0.39 is 5.91 Å². The molecule has 1 aliphatic heterocycles. The zero-order chi connectivity index (χ0) is 13.0. The van der Waals surface area contributed by atoms with E-state index >= 15 is 0 Å². The normalized spacial score (nSPS) is 13.9. The maximum atomic E-state index is 11.7. The third kappa shape index (κ3) is 3.16. The van der Waals surface area contributed by atoms with Crippen LogP contribution >= 0.6 is 11.8 Å². The molecule has 3 N–H and O–H groups in total. The zero-order valence-corrected chi connectivity index (χ0v) is 10.7. The number of nitrogens with two attached hydrogens (primary N) is 1. The van der Waals surface area contributed by atoms with Crippen LogP contribution in [0.25, 0.3) is 0 Å². The monoisotopic (exact) mass is 265 g/mol. The van der Waals surface area contributed by atoms with Gasteiger partial charge in [0.2, 0.25) is 11.8 Å². The first-order valence-electron chi connectivity index (χ1n) is 5.68. The summed E-state index contributed by atoms with van der Waals surface area (Å²) in [5, 5.41) is 2.50. The zero-order valence-electron chi connectivity index (χ0n) is 9.89. The Balaban J connectivity index is 1.98. The molecule has 2 rings (SSSR count). The van der Waals surface area contributed by atoms with Crippen LogP contribution in [0.3, 0.4) is 0 Å². The molecule has 0 saturated carbocycles. The summed E-state index contributed by atoms with van der Waals surface area (Å²) in [5.74, 6) is 0.244. The number of anilines is 1. The van der Waals surface area contributed by atoms with Crippen molar-refractivity contribution < 1.29 is 9.59 Å². The number of carbonyl (C=O) groups is 2. The van der Waals surface area contributed by atoms with E-state index in [0.717, 1.165) is 18.0 Å². The third-order valence-corrected chi connectivity index (χ3v) is 3.66. The van der Waals surface area contributed by atoms with E-state index in [1.807, 2.05) is 29.2 Å². The van der Waals surface area contributed by atoms with Crippen molar-refractivity contribution >= 4 is 29.3 Å². The first-order chi connectivity index (χ1) is 8.66. The highest BCUT2D eigenvalue weighted by atomic mass is 32.2. The highest BCUT2D eigenvalue weighted by Gasteiger charge is 2.18. The van der Waals surface area contributed by atoms with Gasteiger partial charge in [-0.15, -0.1) is 11.8 Å². The predicted molar refractivity (Wildman–Crippen MR) is 71.6 cm³/mol. The number of carbonyl (C=O) groups excluding carboxylic acids is 2. The molecule has 5 nitrogen and oxygen atoms in total. The molecule has 1 aromatic carbocycles. The average Bonchev–Trinajstić information content (AvgIpc) is 2.37. The lowest BCUT2D eigenvalue weighted by Crippen LogP contribution is -2.42. The first-order valence-corrected chi connectivity index (χ1v) is 6.67. The Bertz CT molecular complexity index is 464. The number of amides is 2. The van der Waals surface area contributed by atoms with Crippen LogP contribution in [0, 0.1) is 0 Å². The van der Waals surface area contributed by atoms with Gasteiger partial charge in [-0.3, -0.25) is 9.59 Å². The van der Waals surface area contributed by atoms with Gasteiger partial charge in [0.25, 0.3) is 0 Å². The van der Waals surface area contributed by atoms with Crippen LogP contribution in [0.4, 0.5) is 5.69 Å². The second-order valence-electron chi connectivity index (χ2n) is 3.98. The molecule has 0 aliphatic carbocycles. The Morgan fingerprint density at radius 2 is 2.17 bits per heavy atom. The summed E-state index contributed by atoms with van der Waals surface area (Å²) in [7, 11) is 0. The highest BCUT2D eigenvalue weighted by Crippen LogP contribution is 2.33. The van der Waals surface area contributed by atoms with Crippen LogP contribution in [-0.2, 0) is 9.59 Å². The molecule has 0 fully saturated rings. The molecule has 0 atom stereocenters. The summed E-state index contributed by atoms with van der Waals surface area (Å²) in [6.45, 7) is 0.972. The smallest absolute Gasteiger partial charge is 0.239 e. The number of hydrogen-bond donors (Lipinski definition) is 2. The van der Waals surface area contributed by atoms with Crippen LogP contribution < -0.4 is 16.0 Å². The number of benzene rings is 1. The van der Waals surface area contributed by atoms with E-state index in [4.69, 9.17) is 5.73 Å². The van der Waals surface area contributed by atoms with Gasteiger partial charge in [-0.2, -0.15) is 0 Å². The molecule has 1 aromatic rings. The summed E-state index contributed by atoms with van der Waals surface area (Å²) in [4.78, 5) is 25.4. The maximum absolute atomic E-state index is 11.7. The lowest BCUT2D eigenvalue weighted by molar-refractivity contribution is -0.123. The minimum absolute atomic E-state index is 0.108. The van der Waals surface area contributed by atoms with Gasteiger partial charge >= 0.3 is 0 Å². The predicted octanol–water partition coefficient (Wildman–Crippen LogP) is 0.200. The van der Waals surface area contributed by atoms with Crippen molar-refractivity contribution in [3.63, 3.8) is 0 Å². The standard InChI is InChI=1S/C12H15N3O2S/c13-11(16)7-14-12(17)8-15-5-6-18-10-4-2-1-3-9(10)15/h1-4H,5-8H2,(H2,13,16)(H,14,17). The van der Waals surface area contributed by atoms with Crippen molar-refractivity contribution in [1.29, 1.82) is 0 Å². The van der Waals surface area contributed by atoms with Gasteiger partial charge in [-0.05, 0) is 12.1 Å².